The fraction of sp³-hybridized carbons (Fsp3) is 0.818. The van der Waals surface area contributed by atoms with Crippen molar-refractivity contribution in [3.05, 3.63) is 12.2 Å². The molecule has 0 heterocycles. The molecule has 0 radical (unpaired) electrons. The molecule has 0 aromatic rings. The molecule has 1 aliphatic rings. The molecule has 16 heavy (non-hydrogen) atoms. The van der Waals surface area contributed by atoms with Crippen LogP contribution < -0.4 is 0 Å². The SMILES string of the molecule is CCOP(=O)(OCC)O[C@H]1CC=C[C@H]1CC. The van der Waals surface area contributed by atoms with Crippen LogP contribution in [0, 0.1) is 5.92 Å². The molecule has 5 heteroatoms. The van der Waals surface area contributed by atoms with Gasteiger partial charge in [0.05, 0.1) is 19.3 Å². The normalized spacial score (nSPS) is 25.2. The maximum atomic E-state index is 12.1. The first-order valence-electron chi connectivity index (χ1n) is 5.89. The first kappa shape index (κ1) is 13.9. The molecule has 0 aromatic heterocycles. The summed E-state index contributed by atoms with van der Waals surface area (Å²) in [7, 11) is -3.36. The summed E-state index contributed by atoms with van der Waals surface area (Å²) >= 11 is 0. The summed E-state index contributed by atoms with van der Waals surface area (Å²) in [6.45, 7) is 6.30. The second-order valence-electron chi connectivity index (χ2n) is 3.66. The summed E-state index contributed by atoms with van der Waals surface area (Å²) in [5, 5.41) is 0. The zero-order valence-electron chi connectivity index (χ0n) is 10.2. The van der Waals surface area contributed by atoms with Crippen molar-refractivity contribution in [2.24, 2.45) is 5.92 Å². The Morgan fingerprint density at radius 1 is 1.25 bits per heavy atom. The highest BCUT2D eigenvalue weighted by Gasteiger charge is 2.33. The lowest BCUT2D eigenvalue weighted by Crippen LogP contribution is -2.18. The minimum absolute atomic E-state index is 0.0751. The van der Waals surface area contributed by atoms with Gasteiger partial charge in [0.2, 0.25) is 0 Å². The molecule has 0 amide bonds. The highest BCUT2D eigenvalue weighted by Crippen LogP contribution is 2.52. The van der Waals surface area contributed by atoms with Gasteiger partial charge in [-0.1, -0.05) is 19.1 Å². The molecule has 1 aliphatic carbocycles. The lowest BCUT2D eigenvalue weighted by molar-refractivity contribution is 0.0702. The first-order chi connectivity index (χ1) is 7.65. The van der Waals surface area contributed by atoms with E-state index in [1.807, 2.05) is 0 Å². The van der Waals surface area contributed by atoms with E-state index in [-0.39, 0.29) is 6.10 Å². The zero-order valence-corrected chi connectivity index (χ0v) is 11.1. The second-order valence-corrected chi connectivity index (χ2v) is 5.28. The quantitative estimate of drug-likeness (QED) is 0.510. The molecule has 0 aromatic carbocycles. The molecule has 1 rings (SSSR count). The topological polar surface area (TPSA) is 44.8 Å². The third kappa shape index (κ3) is 3.70. The van der Waals surface area contributed by atoms with Crippen LogP contribution in [0.5, 0.6) is 0 Å². The zero-order chi connectivity index (χ0) is 12.0. The van der Waals surface area contributed by atoms with E-state index in [4.69, 9.17) is 13.6 Å². The number of rotatable bonds is 7. The first-order valence-corrected chi connectivity index (χ1v) is 7.35. The summed E-state index contributed by atoms with van der Waals surface area (Å²) in [4.78, 5) is 0. The van der Waals surface area contributed by atoms with E-state index in [9.17, 15) is 4.57 Å². The van der Waals surface area contributed by atoms with Crippen molar-refractivity contribution in [2.75, 3.05) is 13.2 Å². The molecule has 0 spiro atoms. The molecule has 0 unspecified atom stereocenters. The molecule has 0 N–H and O–H groups in total. The average molecular weight is 248 g/mol. The summed E-state index contributed by atoms with van der Waals surface area (Å²) < 4.78 is 27.9. The highest BCUT2D eigenvalue weighted by atomic mass is 31.2. The predicted molar refractivity (Wildman–Crippen MR) is 63.3 cm³/mol. The lowest BCUT2D eigenvalue weighted by Gasteiger charge is -2.23. The van der Waals surface area contributed by atoms with Crippen molar-refractivity contribution in [3.8, 4) is 0 Å². The van der Waals surface area contributed by atoms with Gasteiger partial charge in [0.25, 0.3) is 0 Å². The predicted octanol–water partition coefficient (Wildman–Crippen LogP) is 3.54. The molecule has 2 atom stereocenters. The molecule has 0 saturated heterocycles. The van der Waals surface area contributed by atoms with Gasteiger partial charge in [-0.15, -0.1) is 0 Å². The standard InChI is InChI=1S/C11H21O4P/c1-4-10-8-7-9-11(10)15-16(12,13-5-2)14-6-3/h7-8,10-11H,4-6,9H2,1-3H3/t10-,11+/m1/s1. The number of phosphoric ester groups is 1. The van der Waals surface area contributed by atoms with Gasteiger partial charge in [0, 0.05) is 5.92 Å². The van der Waals surface area contributed by atoms with Crippen LogP contribution in [0.1, 0.15) is 33.6 Å². The van der Waals surface area contributed by atoms with Gasteiger partial charge in [0.15, 0.2) is 0 Å². The summed E-state index contributed by atoms with van der Waals surface area (Å²) in [5.41, 5.74) is 0. The highest BCUT2D eigenvalue weighted by molar-refractivity contribution is 7.48. The maximum Gasteiger partial charge on any atom is 0.475 e. The van der Waals surface area contributed by atoms with Crippen molar-refractivity contribution in [2.45, 2.75) is 39.7 Å². The van der Waals surface area contributed by atoms with Gasteiger partial charge in [0.1, 0.15) is 0 Å². The van der Waals surface area contributed by atoms with Gasteiger partial charge >= 0.3 is 7.82 Å². The van der Waals surface area contributed by atoms with Crippen LogP contribution in [0.4, 0.5) is 0 Å². The Hall–Kier alpha value is -0.150. The van der Waals surface area contributed by atoms with Crippen LogP contribution in [-0.4, -0.2) is 19.3 Å². The summed E-state index contributed by atoms with van der Waals surface area (Å²) in [6.07, 6.45) is 5.84. The number of phosphoric acid groups is 1. The van der Waals surface area contributed by atoms with Crippen LogP contribution >= 0.6 is 7.82 Å². The molecular weight excluding hydrogens is 227 g/mol. The maximum absolute atomic E-state index is 12.1. The van der Waals surface area contributed by atoms with Crippen molar-refractivity contribution in [3.63, 3.8) is 0 Å². The van der Waals surface area contributed by atoms with Crippen LogP contribution in [-0.2, 0) is 18.1 Å². The minimum Gasteiger partial charge on any atom is -0.287 e. The summed E-state index contributed by atoms with van der Waals surface area (Å²) in [6, 6.07) is 0. The molecule has 4 nitrogen and oxygen atoms in total. The Bertz CT molecular complexity index is 267. The van der Waals surface area contributed by atoms with Gasteiger partial charge in [-0.3, -0.25) is 13.6 Å². The van der Waals surface area contributed by atoms with Crippen molar-refractivity contribution < 1.29 is 18.1 Å². The summed E-state index contributed by atoms with van der Waals surface area (Å²) in [5.74, 6) is 0.314. The Morgan fingerprint density at radius 2 is 1.88 bits per heavy atom. The van der Waals surface area contributed by atoms with E-state index < -0.39 is 7.82 Å². The van der Waals surface area contributed by atoms with Crippen LogP contribution in [0.25, 0.3) is 0 Å². The average Bonchev–Trinajstić information content (AvgIpc) is 2.65. The number of hydrogen-bond donors (Lipinski definition) is 0. The Morgan fingerprint density at radius 3 is 2.38 bits per heavy atom. The van der Waals surface area contributed by atoms with E-state index in [2.05, 4.69) is 19.1 Å². The van der Waals surface area contributed by atoms with Crippen molar-refractivity contribution in [1.82, 2.24) is 0 Å². The van der Waals surface area contributed by atoms with Gasteiger partial charge in [-0.05, 0) is 26.7 Å². The fourth-order valence-corrected chi connectivity index (χ4v) is 3.19. The molecule has 94 valence electrons. The van der Waals surface area contributed by atoms with Crippen molar-refractivity contribution >= 4 is 7.82 Å². The fourth-order valence-electron chi connectivity index (χ4n) is 1.79. The monoisotopic (exact) mass is 248 g/mol. The lowest BCUT2D eigenvalue weighted by atomic mass is 10.0. The smallest absolute Gasteiger partial charge is 0.287 e. The second kappa shape index (κ2) is 6.55. The van der Waals surface area contributed by atoms with E-state index in [0.717, 1.165) is 12.8 Å². The Labute approximate surface area is 97.6 Å². The Balaban J connectivity index is 2.58. The molecular formula is C11H21O4P. The van der Waals surface area contributed by atoms with Gasteiger partial charge in [-0.25, -0.2) is 4.57 Å². The third-order valence-corrected chi connectivity index (χ3v) is 4.22. The van der Waals surface area contributed by atoms with E-state index in [1.165, 1.54) is 0 Å². The molecule has 0 saturated carbocycles. The van der Waals surface area contributed by atoms with Crippen LogP contribution in [0.3, 0.4) is 0 Å². The van der Waals surface area contributed by atoms with Gasteiger partial charge < -0.3 is 0 Å². The van der Waals surface area contributed by atoms with E-state index in [1.54, 1.807) is 13.8 Å². The number of hydrogen-bond acceptors (Lipinski definition) is 4. The largest absolute Gasteiger partial charge is 0.475 e. The molecule has 0 bridgehead atoms. The third-order valence-electron chi connectivity index (χ3n) is 2.54. The van der Waals surface area contributed by atoms with Crippen molar-refractivity contribution in [1.29, 1.82) is 0 Å². The molecule has 0 fully saturated rings. The minimum atomic E-state index is -3.36. The molecule has 0 aliphatic heterocycles. The van der Waals surface area contributed by atoms with Crippen LogP contribution in [0.15, 0.2) is 12.2 Å². The van der Waals surface area contributed by atoms with Gasteiger partial charge in [-0.2, -0.15) is 0 Å². The van der Waals surface area contributed by atoms with E-state index in [0.29, 0.717) is 19.1 Å². The Kier molecular flexibility index (Phi) is 5.70. The van der Waals surface area contributed by atoms with Crippen LogP contribution in [0.2, 0.25) is 0 Å². The van der Waals surface area contributed by atoms with E-state index >= 15 is 0 Å².